The Morgan fingerprint density at radius 1 is 1.32 bits per heavy atom. The largest absolute Gasteiger partial charge is 0.420 e. The van der Waals surface area contributed by atoms with Gasteiger partial charge in [0.15, 0.2) is 3.95 Å². The number of benzene rings is 1. The quantitative estimate of drug-likeness (QED) is 0.724. The van der Waals surface area contributed by atoms with Crippen LogP contribution in [0.3, 0.4) is 0 Å². The average Bonchev–Trinajstić information content (AvgIpc) is 2.88. The minimum atomic E-state index is -0.459. The molecule has 0 radical (unpaired) electrons. The molecule has 1 N–H and O–H groups in total. The zero-order valence-electron chi connectivity index (χ0n) is 11.8. The van der Waals surface area contributed by atoms with Gasteiger partial charge in [0, 0.05) is 6.54 Å². The molecule has 1 aromatic carbocycles. The second kappa shape index (κ2) is 6.25. The maximum atomic E-state index is 12.3. The van der Waals surface area contributed by atoms with Gasteiger partial charge in [-0.2, -0.15) is 0 Å². The number of thiazole rings is 1. The zero-order chi connectivity index (χ0) is 15.5. The van der Waals surface area contributed by atoms with Crippen LogP contribution in [-0.2, 0) is 0 Å². The first-order chi connectivity index (χ1) is 10.7. The van der Waals surface area contributed by atoms with Crippen molar-refractivity contribution in [3.8, 4) is 5.75 Å². The molecule has 2 aromatic heterocycles. The summed E-state index contributed by atoms with van der Waals surface area (Å²) in [6.45, 7) is 2.33. The van der Waals surface area contributed by atoms with Crippen LogP contribution < -0.4 is 9.64 Å². The van der Waals surface area contributed by atoms with Crippen molar-refractivity contribution in [3.05, 3.63) is 46.4 Å². The van der Waals surface area contributed by atoms with Crippen molar-refractivity contribution in [2.24, 2.45) is 0 Å². The maximum Gasteiger partial charge on any atom is 0.420 e. The van der Waals surface area contributed by atoms with Crippen molar-refractivity contribution in [2.45, 2.75) is 6.92 Å². The topological polar surface area (TPSA) is 58.2 Å². The number of amides is 1. The molecule has 0 aliphatic heterocycles. The van der Waals surface area contributed by atoms with E-state index >= 15 is 0 Å². The molecule has 0 aliphatic rings. The molecular weight excluding hydrogens is 318 g/mol. The molecule has 0 fully saturated rings. The van der Waals surface area contributed by atoms with Crippen LogP contribution in [0.2, 0.25) is 0 Å². The molecule has 3 rings (SSSR count). The minimum Gasteiger partial charge on any atom is -0.410 e. The predicted molar refractivity (Wildman–Crippen MR) is 90.3 cm³/mol. The van der Waals surface area contributed by atoms with Crippen molar-refractivity contribution in [3.63, 3.8) is 0 Å². The molecule has 0 aliphatic carbocycles. The van der Waals surface area contributed by atoms with Crippen LogP contribution in [-0.4, -0.2) is 22.6 Å². The van der Waals surface area contributed by atoms with Gasteiger partial charge in [0.25, 0.3) is 0 Å². The van der Waals surface area contributed by atoms with Crippen LogP contribution in [0, 0.1) is 3.95 Å². The Morgan fingerprint density at radius 3 is 2.82 bits per heavy atom. The lowest BCUT2D eigenvalue weighted by atomic mass is 10.3. The summed E-state index contributed by atoms with van der Waals surface area (Å²) in [5.41, 5.74) is 0.867. The van der Waals surface area contributed by atoms with E-state index in [-0.39, 0.29) is 0 Å². The highest BCUT2D eigenvalue weighted by molar-refractivity contribution is 7.73. The first-order valence-electron chi connectivity index (χ1n) is 6.71. The summed E-state index contributed by atoms with van der Waals surface area (Å²) in [7, 11) is 0. The summed E-state index contributed by atoms with van der Waals surface area (Å²) in [6.07, 6.45) is -0.459. The Balaban J connectivity index is 1.88. The fraction of sp³-hybridized carbons (Fsp3) is 0.133. The number of hydrogen-bond donors (Lipinski definition) is 1. The summed E-state index contributed by atoms with van der Waals surface area (Å²) in [4.78, 5) is 22.1. The Labute approximate surface area is 136 Å². The Morgan fingerprint density at radius 2 is 2.09 bits per heavy atom. The third-order valence-electron chi connectivity index (χ3n) is 3.03. The second-order valence-corrected chi connectivity index (χ2v) is 6.13. The van der Waals surface area contributed by atoms with Crippen molar-refractivity contribution in [1.82, 2.24) is 9.97 Å². The number of carbonyl (C=O) groups excluding carboxylic acids is 1. The molecule has 112 valence electrons. The number of fused-ring (bicyclic) bond motifs is 1. The standard InChI is InChI=1S/C15H13N3O2S2/c1-2-18(15(19)20-10-6-4-3-5-7-10)12-9-8-11-13(17-12)22-14(21)16-11/h3-9H,2H2,1H3,(H,16,21). The van der Waals surface area contributed by atoms with E-state index in [2.05, 4.69) is 9.97 Å². The Hall–Kier alpha value is -2.25. The van der Waals surface area contributed by atoms with E-state index in [4.69, 9.17) is 17.0 Å². The van der Waals surface area contributed by atoms with E-state index < -0.39 is 6.09 Å². The van der Waals surface area contributed by atoms with Gasteiger partial charge in [-0.15, -0.1) is 0 Å². The first kappa shape index (κ1) is 14.7. The van der Waals surface area contributed by atoms with Crippen LogP contribution in [0.25, 0.3) is 10.3 Å². The Bertz CT molecular complexity index is 858. The molecule has 0 saturated carbocycles. The number of pyridine rings is 1. The highest BCUT2D eigenvalue weighted by atomic mass is 32.1. The molecule has 0 spiro atoms. The normalized spacial score (nSPS) is 10.6. The molecule has 2 heterocycles. The lowest BCUT2D eigenvalue weighted by molar-refractivity contribution is 0.207. The third-order valence-corrected chi connectivity index (χ3v) is 4.18. The average molecular weight is 331 g/mol. The number of para-hydroxylation sites is 1. The van der Waals surface area contributed by atoms with E-state index in [1.54, 1.807) is 18.2 Å². The molecule has 0 unspecified atom stereocenters. The number of rotatable bonds is 3. The lowest BCUT2D eigenvalue weighted by Crippen LogP contribution is -2.33. The molecular formula is C15H13N3O2S2. The number of carbonyl (C=O) groups is 1. The van der Waals surface area contributed by atoms with Gasteiger partial charge in [-0.3, -0.25) is 4.90 Å². The lowest BCUT2D eigenvalue weighted by Gasteiger charge is -2.19. The van der Waals surface area contributed by atoms with Crippen LogP contribution in [0.5, 0.6) is 5.75 Å². The van der Waals surface area contributed by atoms with Crippen molar-refractivity contribution >= 4 is 45.8 Å². The van der Waals surface area contributed by atoms with E-state index in [0.29, 0.717) is 22.1 Å². The van der Waals surface area contributed by atoms with Gasteiger partial charge >= 0.3 is 6.09 Å². The van der Waals surface area contributed by atoms with Crippen molar-refractivity contribution in [1.29, 1.82) is 0 Å². The maximum absolute atomic E-state index is 12.3. The predicted octanol–water partition coefficient (Wildman–Crippen LogP) is 4.38. The second-order valence-electron chi connectivity index (χ2n) is 4.46. The molecule has 22 heavy (non-hydrogen) atoms. The number of ether oxygens (including phenoxy) is 1. The van der Waals surface area contributed by atoms with Crippen LogP contribution in [0.4, 0.5) is 10.6 Å². The molecule has 7 heteroatoms. The summed E-state index contributed by atoms with van der Waals surface area (Å²) < 4.78 is 6.02. The number of aromatic nitrogens is 2. The highest BCUT2D eigenvalue weighted by Gasteiger charge is 2.18. The summed E-state index contributed by atoms with van der Waals surface area (Å²) in [6, 6.07) is 12.6. The van der Waals surface area contributed by atoms with E-state index in [1.807, 2.05) is 31.2 Å². The molecule has 1 amide bonds. The molecule has 0 saturated heterocycles. The summed E-state index contributed by atoms with van der Waals surface area (Å²) in [5.74, 6) is 1.05. The zero-order valence-corrected chi connectivity index (χ0v) is 13.4. The van der Waals surface area contributed by atoms with Gasteiger partial charge in [-0.25, -0.2) is 9.78 Å². The van der Waals surface area contributed by atoms with Gasteiger partial charge < -0.3 is 9.72 Å². The number of nitrogens with one attached hydrogen (secondary N) is 1. The van der Waals surface area contributed by atoms with Crippen LogP contribution in [0.1, 0.15) is 6.92 Å². The summed E-state index contributed by atoms with van der Waals surface area (Å²) >= 11 is 6.49. The van der Waals surface area contributed by atoms with Crippen molar-refractivity contribution < 1.29 is 9.53 Å². The van der Waals surface area contributed by atoms with Crippen LogP contribution in [0.15, 0.2) is 42.5 Å². The molecule has 0 atom stereocenters. The smallest absolute Gasteiger partial charge is 0.410 e. The number of anilines is 1. The monoisotopic (exact) mass is 331 g/mol. The number of hydrogen-bond acceptors (Lipinski definition) is 5. The number of nitrogens with zero attached hydrogens (tertiary/aromatic N) is 2. The van der Waals surface area contributed by atoms with Crippen LogP contribution >= 0.6 is 23.6 Å². The SMILES string of the molecule is CCN(C(=O)Oc1ccccc1)c1ccc2[nH]c(=S)sc2n1. The number of H-pyrrole nitrogens is 1. The Kier molecular flexibility index (Phi) is 4.17. The van der Waals surface area contributed by atoms with Gasteiger partial charge in [0.05, 0.1) is 5.52 Å². The molecule has 0 bridgehead atoms. The van der Waals surface area contributed by atoms with E-state index in [0.717, 1.165) is 10.3 Å². The van der Waals surface area contributed by atoms with Gasteiger partial charge in [0.1, 0.15) is 16.4 Å². The fourth-order valence-corrected chi connectivity index (χ4v) is 3.06. The van der Waals surface area contributed by atoms with Gasteiger partial charge in [0.2, 0.25) is 0 Å². The van der Waals surface area contributed by atoms with Crippen molar-refractivity contribution in [2.75, 3.05) is 11.4 Å². The number of aromatic amines is 1. The third kappa shape index (κ3) is 3.00. The van der Waals surface area contributed by atoms with Gasteiger partial charge in [-0.05, 0) is 43.4 Å². The molecule has 3 aromatic rings. The first-order valence-corrected chi connectivity index (χ1v) is 7.94. The minimum absolute atomic E-state index is 0.458. The molecule has 5 nitrogen and oxygen atoms in total. The van der Waals surface area contributed by atoms with E-state index in [9.17, 15) is 4.79 Å². The fourth-order valence-electron chi connectivity index (χ4n) is 2.01. The summed E-state index contributed by atoms with van der Waals surface area (Å²) in [5, 5.41) is 0. The highest BCUT2D eigenvalue weighted by Crippen LogP contribution is 2.22. The van der Waals surface area contributed by atoms with E-state index in [1.165, 1.54) is 16.2 Å². The van der Waals surface area contributed by atoms with Gasteiger partial charge in [-0.1, -0.05) is 29.5 Å².